The highest BCUT2D eigenvalue weighted by Crippen LogP contribution is 2.30. The maximum absolute atomic E-state index is 3.51. The zero-order chi connectivity index (χ0) is 11.5. The quantitative estimate of drug-likeness (QED) is 0.797. The second-order valence-electron chi connectivity index (χ2n) is 5.26. The molecule has 3 rings (SSSR count). The standard InChI is InChI=1S/C15H22N2/c1-2-8-15-13(5-1)6-4-12-17(15)14-7-3-10-16-11-9-14/h1-2,5,8,14,16H,3-4,6-7,9-12H2. The minimum Gasteiger partial charge on any atom is -0.368 e. The van der Waals surface area contributed by atoms with Gasteiger partial charge in [-0.15, -0.1) is 0 Å². The van der Waals surface area contributed by atoms with E-state index in [1.807, 2.05) is 0 Å². The third-order valence-corrected chi connectivity index (χ3v) is 4.13. The van der Waals surface area contributed by atoms with Crippen LogP contribution < -0.4 is 10.2 Å². The first kappa shape index (κ1) is 11.1. The van der Waals surface area contributed by atoms with Gasteiger partial charge in [0.2, 0.25) is 0 Å². The summed E-state index contributed by atoms with van der Waals surface area (Å²) >= 11 is 0. The molecule has 1 unspecified atom stereocenters. The highest BCUT2D eigenvalue weighted by Gasteiger charge is 2.24. The smallest absolute Gasteiger partial charge is 0.0401 e. The largest absolute Gasteiger partial charge is 0.368 e. The lowest BCUT2D eigenvalue weighted by atomic mass is 9.97. The predicted octanol–water partition coefficient (Wildman–Crippen LogP) is 2.58. The minimum absolute atomic E-state index is 0.756. The van der Waals surface area contributed by atoms with Gasteiger partial charge in [-0.1, -0.05) is 18.2 Å². The summed E-state index contributed by atoms with van der Waals surface area (Å²) in [6.07, 6.45) is 6.55. The van der Waals surface area contributed by atoms with Crippen LogP contribution in [0.1, 0.15) is 31.2 Å². The molecule has 2 heteroatoms. The van der Waals surface area contributed by atoms with E-state index < -0.39 is 0 Å². The van der Waals surface area contributed by atoms with Crippen molar-refractivity contribution in [1.82, 2.24) is 5.32 Å². The van der Waals surface area contributed by atoms with Crippen molar-refractivity contribution in [1.29, 1.82) is 0 Å². The molecule has 0 aromatic heterocycles. The third kappa shape index (κ3) is 2.32. The number of nitrogens with one attached hydrogen (secondary N) is 1. The molecule has 0 saturated carbocycles. The Kier molecular flexibility index (Phi) is 3.32. The molecule has 92 valence electrons. The van der Waals surface area contributed by atoms with Gasteiger partial charge in [0.1, 0.15) is 0 Å². The molecule has 0 radical (unpaired) electrons. The second kappa shape index (κ2) is 5.09. The molecule has 2 nitrogen and oxygen atoms in total. The van der Waals surface area contributed by atoms with Gasteiger partial charge in [0.05, 0.1) is 0 Å². The van der Waals surface area contributed by atoms with Crippen LogP contribution in [0.5, 0.6) is 0 Å². The molecule has 2 aliphatic rings. The first-order valence-electron chi connectivity index (χ1n) is 7.00. The van der Waals surface area contributed by atoms with Gasteiger partial charge in [-0.3, -0.25) is 0 Å². The van der Waals surface area contributed by atoms with Crippen molar-refractivity contribution < 1.29 is 0 Å². The lowest BCUT2D eigenvalue weighted by molar-refractivity contribution is 0.516. The van der Waals surface area contributed by atoms with Crippen molar-refractivity contribution in [2.75, 3.05) is 24.5 Å². The van der Waals surface area contributed by atoms with Crippen molar-refractivity contribution in [2.45, 2.75) is 38.1 Å². The molecule has 1 aromatic rings. The summed E-state index contributed by atoms with van der Waals surface area (Å²) in [5, 5.41) is 3.51. The number of hydrogen-bond donors (Lipinski definition) is 1. The van der Waals surface area contributed by atoms with Gasteiger partial charge in [0.15, 0.2) is 0 Å². The van der Waals surface area contributed by atoms with Gasteiger partial charge < -0.3 is 10.2 Å². The average molecular weight is 230 g/mol. The van der Waals surface area contributed by atoms with E-state index in [1.165, 1.54) is 57.4 Å². The monoisotopic (exact) mass is 230 g/mol. The number of anilines is 1. The Hall–Kier alpha value is -1.02. The number of para-hydroxylation sites is 1. The molecular formula is C15H22N2. The fourth-order valence-electron chi connectivity index (χ4n) is 3.25. The van der Waals surface area contributed by atoms with Crippen LogP contribution in [-0.4, -0.2) is 25.7 Å². The summed E-state index contributed by atoms with van der Waals surface area (Å²) < 4.78 is 0. The Morgan fingerprint density at radius 1 is 1.06 bits per heavy atom. The maximum Gasteiger partial charge on any atom is 0.0401 e. The molecule has 1 saturated heterocycles. The zero-order valence-electron chi connectivity index (χ0n) is 10.5. The van der Waals surface area contributed by atoms with Crippen molar-refractivity contribution >= 4 is 5.69 Å². The molecule has 1 N–H and O–H groups in total. The number of aryl methyl sites for hydroxylation is 1. The average Bonchev–Trinajstić information content (AvgIpc) is 2.67. The molecule has 1 aromatic carbocycles. The number of nitrogens with zero attached hydrogens (tertiary/aromatic N) is 1. The highest BCUT2D eigenvalue weighted by atomic mass is 15.2. The van der Waals surface area contributed by atoms with Gasteiger partial charge in [-0.05, 0) is 56.8 Å². The summed E-state index contributed by atoms with van der Waals surface area (Å²) in [5.41, 5.74) is 3.06. The van der Waals surface area contributed by atoms with Crippen LogP contribution >= 0.6 is 0 Å². The number of hydrogen-bond acceptors (Lipinski definition) is 2. The van der Waals surface area contributed by atoms with E-state index in [9.17, 15) is 0 Å². The van der Waals surface area contributed by atoms with Gasteiger partial charge in [-0.25, -0.2) is 0 Å². The molecule has 0 aliphatic carbocycles. The Balaban J connectivity index is 1.83. The molecular weight excluding hydrogens is 208 g/mol. The van der Waals surface area contributed by atoms with E-state index in [-0.39, 0.29) is 0 Å². The van der Waals surface area contributed by atoms with Gasteiger partial charge in [0, 0.05) is 18.3 Å². The summed E-state index contributed by atoms with van der Waals surface area (Å²) in [6, 6.07) is 9.73. The normalized spacial score (nSPS) is 25.2. The van der Waals surface area contributed by atoms with Gasteiger partial charge in [-0.2, -0.15) is 0 Å². The predicted molar refractivity (Wildman–Crippen MR) is 72.6 cm³/mol. The van der Waals surface area contributed by atoms with Crippen LogP contribution in [0.2, 0.25) is 0 Å². The third-order valence-electron chi connectivity index (χ3n) is 4.13. The molecule has 17 heavy (non-hydrogen) atoms. The second-order valence-corrected chi connectivity index (χ2v) is 5.26. The van der Waals surface area contributed by atoms with Crippen molar-refractivity contribution in [2.24, 2.45) is 0 Å². The van der Waals surface area contributed by atoms with E-state index in [2.05, 4.69) is 34.5 Å². The van der Waals surface area contributed by atoms with E-state index in [4.69, 9.17) is 0 Å². The lowest BCUT2D eigenvalue weighted by Gasteiger charge is -2.37. The van der Waals surface area contributed by atoms with E-state index in [0.717, 1.165) is 6.04 Å². The Morgan fingerprint density at radius 3 is 3.00 bits per heavy atom. The molecule has 2 heterocycles. The molecule has 0 spiro atoms. The van der Waals surface area contributed by atoms with Crippen LogP contribution in [-0.2, 0) is 6.42 Å². The van der Waals surface area contributed by atoms with Crippen molar-refractivity contribution in [3.8, 4) is 0 Å². The summed E-state index contributed by atoms with van der Waals surface area (Å²) in [4.78, 5) is 2.67. The summed E-state index contributed by atoms with van der Waals surface area (Å²) in [5.74, 6) is 0. The number of benzene rings is 1. The number of rotatable bonds is 1. The van der Waals surface area contributed by atoms with E-state index in [0.29, 0.717) is 0 Å². The van der Waals surface area contributed by atoms with Gasteiger partial charge >= 0.3 is 0 Å². The van der Waals surface area contributed by atoms with Crippen molar-refractivity contribution in [3.63, 3.8) is 0 Å². The Labute approximate surface area is 104 Å². The number of fused-ring (bicyclic) bond motifs is 1. The van der Waals surface area contributed by atoms with E-state index >= 15 is 0 Å². The Morgan fingerprint density at radius 2 is 2.00 bits per heavy atom. The molecule has 2 aliphatic heterocycles. The first-order valence-corrected chi connectivity index (χ1v) is 7.00. The zero-order valence-corrected chi connectivity index (χ0v) is 10.5. The highest BCUT2D eigenvalue weighted by molar-refractivity contribution is 5.56. The topological polar surface area (TPSA) is 15.3 Å². The molecule has 1 fully saturated rings. The van der Waals surface area contributed by atoms with Crippen molar-refractivity contribution in [3.05, 3.63) is 29.8 Å². The maximum atomic E-state index is 3.51. The first-order chi connectivity index (χ1) is 8.45. The molecule has 1 atom stereocenters. The summed E-state index contributed by atoms with van der Waals surface area (Å²) in [7, 11) is 0. The SMILES string of the molecule is c1ccc2c(c1)CCCN2C1CCCNCC1. The van der Waals surface area contributed by atoms with Crippen LogP contribution in [0.3, 0.4) is 0 Å². The van der Waals surface area contributed by atoms with Crippen LogP contribution in [0.4, 0.5) is 5.69 Å². The van der Waals surface area contributed by atoms with E-state index in [1.54, 1.807) is 5.56 Å². The van der Waals surface area contributed by atoms with Crippen LogP contribution in [0.15, 0.2) is 24.3 Å². The van der Waals surface area contributed by atoms with Gasteiger partial charge in [0.25, 0.3) is 0 Å². The molecule has 0 bridgehead atoms. The Bertz CT molecular complexity index is 367. The van der Waals surface area contributed by atoms with Crippen LogP contribution in [0, 0.1) is 0 Å². The minimum atomic E-state index is 0.756. The summed E-state index contributed by atoms with van der Waals surface area (Å²) in [6.45, 7) is 3.64. The fourth-order valence-corrected chi connectivity index (χ4v) is 3.25. The fraction of sp³-hybridized carbons (Fsp3) is 0.600. The van der Waals surface area contributed by atoms with Crippen LogP contribution in [0.25, 0.3) is 0 Å². The molecule has 0 amide bonds. The lowest BCUT2D eigenvalue weighted by Crippen LogP contribution is -2.39.